The first-order valence-electron chi connectivity index (χ1n) is 5.63. The lowest BCUT2D eigenvalue weighted by Crippen LogP contribution is -2.54. The minimum Gasteiger partial charge on any atom is -0.363 e. The van der Waals surface area contributed by atoms with E-state index in [4.69, 9.17) is 0 Å². The zero-order valence-electron chi connectivity index (χ0n) is 9.80. The van der Waals surface area contributed by atoms with Crippen molar-refractivity contribution in [3.8, 4) is 0 Å². The highest BCUT2D eigenvalue weighted by Gasteiger charge is 2.26. The average Bonchev–Trinajstić information content (AvgIpc) is 2.27. The lowest BCUT2D eigenvalue weighted by Gasteiger charge is -2.39. The zero-order chi connectivity index (χ0) is 12.6. The molecule has 1 saturated heterocycles. The van der Waals surface area contributed by atoms with Crippen LogP contribution in [0.1, 0.15) is 13.8 Å². The smallest absolute Gasteiger partial charge is 0.182 e. The minimum atomic E-state index is -1.14. The molecule has 0 spiro atoms. The molecule has 1 aliphatic rings. The molecule has 1 N–H and O–H groups in total. The molecular formula is C12H15F3N2. The van der Waals surface area contributed by atoms with Gasteiger partial charge in [-0.3, -0.25) is 0 Å². The quantitative estimate of drug-likeness (QED) is 0.762. The molecule has 0 aromatic heterocycles. The molecule has 17 heavy (non-hydrogen) atoms. The Hall–Kier alpha value is -1.23. The van der Waals surface area contributed by atoms with Gasteiger partial charge in [0.25, 0.3) is 0 Å². The van der Waals surface area contributed by atoms with Gasteiger partial charge in [0, 0.05) is 37.3 Å². The van der Waals surface area contributed by atoms with E-state index in [9.17, 15) is 13.2 Å². The summed E-state index contributed by atoms with van der Waals surface area (Å²) in [5.74, 6) is -2.87. The number of nitrogens with one attached hydrogen (secondary N) is 1. The van der Waals surface area contributed by atoms with Crippen LogP contribution in [-0.4, -0.2) is 25.2 Å². The standard InChI is InChI=1S/C12H15F3N2/c1-7-6-17(8(2)5-16-7)11-4-9(13)3-10(14)12(11)15/h3-4,7-8,16H,5-6H2,1-2H3. The van der Waals surface area contributed by atoms with Gasteiger partial charge in [0.15, 0.2) is 11.6 Å². The molecule has 0 bridgehead atoms. The predicted molar refractivity (Wildman–Crippen MR) is 60.6 cm³/mol. The predicted octanol–water partition coefficient (Wildman–Crippen LogP) is 2.29. The van der Waals surface area contributed by atoms with Crippen molar-refractivity contribution >= 4 is 5.69 Å². The van der Waals surface area contributed by atoms with E-state index in [0.717, 1.165) is 6.07 Å². The summed E-state index contributed by atoms with van der Waals surface area (Å²) >= 11 is 0. The summed E-state index contributed by atoms with van der Waals surface area (Å²) in [7, 11) is 0. The number of hydrogen-bond acceptors (Lipinski definition) is 2. The topological polar surface area (TPSA) is 15.3 Å². The monoisotopic (exact) mass is 244 g/mol. The summed E-state index contributed by atoms with van der Waals surface area (Å²) in [6.07, 6.45) is 0. The lowest BCUT2D eigenvalue weighted by molar-refractivity contribution is 0.414. The molecule has 0 saturated carbocycles. The second-order valence-corrected chi connectivity index (χ2v) is 4.53. The third-order valence-corrected chi connectivity index (χ3v) is 3.05. The number of hydrogen-bond donors (Lipinski definition) is 1. The minimum absolute atomic E-state index is 0.00176. The molecule has 94 valence electrons. The van der Waals surface area contributed by atoms with Crippen LogP contribution in [-0.2, 0) is 0 Å². The van der Waals surface area contributed by atoms with E-state index in [1.54, 1.807) is 4.90 Å². The third-order valence-electron chi connectivity index (χ3n) is 3.05. The van der Waals surface area contributed by atoms with Crippen molar-refractivity contribution in [3.05, 3.63) is 29.6 Å². The molecule has 0 amide bonds. The average molecular weight is 244 g/mol. The number of anilines is 1. The van der Waals surface area contributed by atoms with Crippen molar-refractivity contribution in [2.24, 2.45) is 0 Å². The third kappa shape index (κ3) is 2.39. The van der Waals surface area contributed by atoms with Gasteiger partial charge in [-0.15, -0.1) is 0 Å². The first kappa shape index (κ1) is 12.2. The maximum Gasteiger partial charge on any atom is 0.182 e. The molecule has 1 fully saturated rings. The number of benzene rings is 1. The summed E-state index contributed by atoms with van der Waals surface area (Å²) < 4.78 is 40.0. The van der Waals surface area contributed by atoms with Gasteiger partial charge >= 0.3 is 0 Å². The van der Waals surface area contributed by atoms with Crippen molar-refractivity contribution in [3.63, 3.8) is 0 Å². The number of rotatable bonds is 1. The molecule has 2 nitrogen and oxygen atoms in total. The highest BCUT2D eigenvalue weighted by molar-refractivity contribution is 5.50. The SMILES string of the molecule is CC1CN(c2cc(F)cc(F)c2F)C(C)CN1. The van der Waals surface area contributed by atoms with Crippen molar-refractivity contribution in [1.82, 2.24) is 5.32 Å². The molecular weight excluding hydrogens is 229 g/mol. The molecule has 5 heteroatoms. The fourth-order valence-corrected chi connectivity index (χ4v) is 2.11. The molecule has 2 atom stereocenters. The van der Waals surface area contributed by atoms with Crippen molar-refractivity contribution in [2.45, 2.75) is 25.9 Å². The normalized spacial score (nSPS) is 25.1. The van der Waals surface area contributed by atoms with E-state index >= 15 is 0 Å². The fraction of sp³-hybridized carbons (Fsp3) is 0.500. The highest BCUT2D eigenvalue weighted by Crippen LogP contribution is 2.26. The van der Waals surface area contributed by atoms with Crippen molar-refractivity contribution in [2.75, 3.05) is 18.0 Å². The second kappa shape index (κ2) is 4.56. The molecule has 2 rings (SSSR count). The Kier molecular flexibility index (Phi) is 3.28. The van der Waals surface area contributed by atoms with Crippen LogP contribution in [0, 0.1) is 17.5 Å². The van der Waals surface area contributed by atoms with Gasteiger partial charge in [0.05, 0.1) is 5.69 Å². The fourth-order valence-electron chi connectivity index (χ4n) is 2.11. The van der Waals surface area contributed by atoms with Crippen LogP contribution in [0.25, 0.3) is 0 Å². The van der Waals surface area contributed by atoms with Gasteiger partial charge in [0.2, 0.25) is 0 Å². The van der Waals surface area contributed by atoms with Crippen molar-refractivity contribution in [1.29, 1.82) is 0 Å². The van der Waals surface area contributed by atoms with Gasteiger partial charge in [-0.2, -0.15) is 0 Å². The molecule has 0 aliphatic carbocycles. The molecule has 2 unspecified atom stereocenters. The Labute approximate surface area is 98.4 Å². The summed E-state index contributed by atoms with van der Waals surface area (Å²) in [4.78, 5) is 1.70. The van der Waals surface area contributed by atoms with Gasteiger partial charge in [-0.05, 0) is 13.8 Å². The van der Waals surface area contributed by atoms with Crippen LogP contribution in [0.5, 0.6) is 0 Å². The summed E-state index contributed by atoms with van der Waals surface area (Å²) in [6, 6.07) is 1.78. The van der Waals surface area contributed by atoms with Gasteiger partial charge in [0.1, 0.15) is 5.82 Å². The van der Waals surface area contributed by atoms with E-state index in [0.29, 0.717) is 19.2 Å². The zero-order valence-corrected chi connectivity index (χ0v) is 9.80. The number of piperazine rings is 1. The Morgan fingerprint density at radius 2 is 1.94 bits per heavy atom. The molecule has 0 radical (unpaired) electrons. The Morgan fingerprint density at radius 3 is 2.65 bits per heavy atom. The molecule has 1 heterocycles. The summed E-state index contributed by atoms with van der Waals surface area (Å²) in [5.41, 5.74) is 0.00310. The van der Waals surface area contributed by atoms with Gasteiger partial charge < -0.3 is 10.2 Å². The molecule has 1 aliphatic heterocycles. The summed E-state index contributed by atoms with van der Waals surface area (Å²) in [6.45, 7) is 5.04. The maximum absolute atomic E-state index is 13.7. The highest BCUT2D eigenvalue weighted by atomic mass is 19.2. The Bertz CT molecular complexity index is 422. The first-order valence-corrected chi connectivity index (χ1v) is 5.63. The van der Waals surface area contributed by atoms with Crippen LogP contribution < -0.4 is 10.2 Å². The largest absolute Gasteiger partial charge is 0.363 e. The van der Waals surface area contributed by atoms with E-state index < -0.39 is 17.5 Å². The van der Waals surface area contributed by atoms with Crippen LogP contribution in [0.4, 0.5) is 18.9 Å². The molecule has 1 aromatic carbocycles. The summed E-state index contributed by atoms with van der Waals surface area (Å²) in [5, 5.41) is 3.23. The van der Waals surface area contributed by atoms with E-state index in [-0.39, 0.29) is 17.8 Å². The Morgan fingerprint density at radius 1 is 1.24 bits per heavy atom. The van der Waals surface area contributed by atoms with E-state index in [1.165, 1.54) is 0 Å². The Balaban J connectivity index is 2.38. The number of nitrogens with zero attached hydrogens (tertiary/aromatic N) is 1. The second-order valence-electron chi connectivity index (χ2n) is 4.53. The van der Waals surface area contributed by atoms with E-state index in [1.807, 2.05) is 13.8 Å². The van der Waals surface area contributed by atoms with Crippen LogP contribution in [0.2, 0.25) is 0 Å². The molecule has 1 aromatic rings. The number of halogens is 3. The maximum atomic E-state index is 13.7. The van der Waals surface area contributed by atoms with Gasteiger partial charge in [-0.25, -0.2) is 13.2 Å². The first-order chi connectivity index (χ1) is 7.99. The van der Waals surface area contributed by atoms with Crippen LogP contribution in [0.3, 0.4) is 0 Å². The van der Waals surface area contributed by atoms with Crippen molar-refractivity contribution < 1.29 is 13.2 Å². The van der Waals surface area contributed by atoms with Crippen LogP contribution >= 0.6 is 0 Å². The van der Waals surface area contributed by atoms with E-state index in [2.05, 4.69) is 5.32 Å². The van der Waals surface area contributed by atoms with Gasteiger partial charge in [-0.1, -0.05) is 0 Å². The lowest BCUT2D eigenvalue weighted by atomic mass is 10.1. The van der Waals surface area contributed by atoms with Crippen LogP contribution in [0.15, 0.2) is 12.1 Å².